The molecule has 0 amide bonds. The van der Waals surface area contributed by atoms with Gasteiger partial charge in [-0.15, -0.1) is 0 Å². The maximum atomic E-state index is 12.6. The van der Waals surface area contributed by atoms with Crippen molar-refractivity contribution in [3.05, 3.63) is 83.4 Å². The smallest absolute Gasteiger partial charge is 0.343 e. The van der Waals surface area contributed by atoms with E-state index in [1.54, 1.807) is 0 Å². The third kappa shape index (κ3) is 2.33. The van der Waals surface area contributed by atoms with Crippen LogP contribution >= 0.6 is 0 Å². The van der Waals surface area contributed by atoms with Crippen LogP contribution in [0.15, 0.2) is 66.7 Å². The predicted molar refractivity (Wildman–Crippen MR) is 92.4 cm³/mol. The van der Waals surface area contributed by atoms with E-state index in [2.05, 4.69) is 6.92 Å². The zero-order valence-electron chi connectivity index (χ0n) is 12.9. The predicted octanol–water partition coefficient (Wildman–Crippen LogP) is 4.69. The molecule has 4 rings (SSSR count). The maximum absolute atomic E-state index is 12.6. The molecule has 0 unspecified atom stereocenters. The van der Waals surface area contributed by atoms with Crippen LogP contribution in [0, 0.1) is 6.92 Å². The molecule has 1 aliphatic rings. The summed E-state index contributed by atoms with van der Waals surface area (Å²) in [7, 11) is 0. The van der Waals surface area contributed by atoms with Crippen molar-refractivity contribution in [2.45, 2.75) is 13.3 Å². The summed E-state index contributed by atoms with van der Waals surface area (Å²) in [5.41, 5.74) is 3.98. The molecule has 0 heterocycles. The van der Waals surface area contributed by atoms with Gasteiger partial charge in [0.05, 0.1) is 5.57 Å². The van der Waals surface area contributed by atoms with E-state index in [1.165, 1.54) is 11.1 Å². The number of aryl methyl sites for hydroxylation is 1. The number of allylic oxidation sites excluding steroid dienone is 1. The van der Waals surface area contributed by atoms with Crippen LogP contribution in [-0.4, -0.2) is 5.97 Å². The van der Waals surface area contributed by atoms with E-state index in [9.17, 15) is 4.79 Å². The summed E-state index contributed by atoms with van der Waals surface area (Å²) >= 11 is 0. The van der Waals surface area contributed by atoms with Crippen molar-refractivity contribution in [3.8, 4) is 5.75 Å². The Morgan fingerprint density at radius 1 is 0.913 bits per heavy atom. The molecular weight excluding hydrogens is 284 g/mol. The van der Waals surface area contributed by atoms with Gasteiger partial charge in [0.15, 0.2) is 0 Å². The van der Waals surface area contributed by atoms with Crippen molar-refractivity contribution in [2.24, 2.45) is 0 Å². The quantitative estimate of drug-likeness (QED) is 0.507. The number of ether oxygens (including phenoxy) is 1. The molecule has 0 spiro atoms. The lowest BCUT2D eigenvalue weighted by atomic mass is 10.0. The van der Waals surface area contributed by atoms with Crippen molar-refractivity contribution in [1.29, 1.82) is 0 Å². The Labute approximate surface area is 135 Å². The van der Waals surface area contributed by atoms with Crippen molar-refractivity contribution in [3.63, 3.8) is 0 Å². The van der Waals surface area contributed by atoms with E-state index in [0.29, 0.717) is 11.3 Å². The average molecular weight is 300 g/mol. The zero-order chi connectivity index (χ0) is 15.8. The minimum absolute atomic E-state index is 0.288. The third-order valence-corrected chi connectivity index (χ3v) is 4.36. The highest BCUT2D eigenvalue weighted by atomic mass is 16.5. The summed E-state index contributed by atoms with van der Waals surface area (Å²) in [4.78, 5) is 12.6. The molecule has 3 aromatic carbocycles. The molecule has 23 heavy (non-hydrogen) atoms. The van der Waals surface area contributed by atoms with Gasteiger partial charge in [-0.25, -0.2) is 4.79 Å². The molecule has 0 bridgehead atoms. The van der Waals surface area contributed by atoms with Gasteiger partial charge < -0.3 is 4.74 Å². The van der Waals surface area contributed by atoms with Crippen LogP contribution in [0.25, 0.3) is 16.3 Å². The fourth-order valence-electron chi connectivity index (χ4n) is 3.14. The normalized spacial score (nSPS) is 12.8. The van der Waals surface area contributed by atoms with Gasteiger partial charge in [0.25, 0.3) is 0 Å². The fourth-order valence-corrected chi connectivity index (χ4v) is 3.14. The van der Waals surface area contributed by atoms with Crippen LogP contribution < -0.4 is 4.74 Å². The van der Waals surface area contributed by atoms with Gasteiger partial charge in [-0.2, -0.15) is 0 Å². The Balaban J connectivity index is 1.70. The van der Waals surface area contributed by atoms with E-state index >= 15 is 0 Å². The highest BCUT2D eigenvalue weighted by Crippen LogP contribution is 2.32. The first-order valence-electron chi connectivity index (χ1n) is 7.73. The summed E-state index contributed by atoms with van der Waals surface area (Å²) in [6.45, 7) is 2.06. The minimum atomic E-state index is -0.288. The van der Waals surface area contributed by atoms with Gasteiger partial charge in [0.1, 0.15) is 5.75 Å². The van der Waals surface area contributed by atoms with E-state index in [-0.39, 0.29) is 5.97 Å². The fraction of sp³-hybridized carbons (Fsp3) is 0.0952. The molecule has 2 heteroatoms. The first-order valence-corrected chi connectivity index (χ1v) is 7.73. The van der Waals surface area contributed by atoms with E-state index in [0.717, 1.165) is 22.8 Å². The molecule has 0 aromatic heterocycles. The van der Waals surface area contributed by atoms with Gasteiger partial charge in [-0.05, 0) is 41.5 Å². The molecule has 0 saturated carbocycles. The summed E-state index contributed by atoms with van der Waals surface area (Å²) < 4.78 is 5.72. The summed E-state index contributed by atoms with van der Waals surface area (Å²) in [5, 5.41) is 2.08. The van der Waals surface area contributed by atoms with E-state index < -0.39 is 0 Å². The second-order valence-corrected chi connectivity index (χ2v) is 5.79. The number of hydrogen-bond donors (Lipinski definition) is 0. The number of benzene rings is 3. The van der Waals surface area contributed by atoms with Gasteiger partial charge in [0.2, 0.25) is 0 Å². The zero-order valence-corrected chi connectivity index (χ0v) is 12.9. The molecule has 1 aliphatic carbocycles. The number of fused-ring (bicyclic) bond motifs is 2. The van der Waals surface area contributed by atoms with Crippen LogP contribution in [0.1, 0.15) is 16.7 Å². The lowest BCUT2D eigenvalue weighted by Crippen LogP contribution is -2.10. The lowest BCUT2D eigenvalue weighted by Gasteiger charge is -2.10. The number of carbonyl (C=O) groups excluding carboxylic acids is 1. The second kappa shape index (κ2) is 5.40. The Hall–Kier alpha value is -2.87. The van der Waals surface area contributed by atoms with Crippen molar-refractivity contribution < 1.29 is 9.53 Å². The maximum Gasteiger partial charge on any atom is 0.343 e. The molecule has 0 atom stereocenters. The van der Waals surface area contributed by atoms with Crippen LogP contribution in [0.2, 0.25) is 0 Å². The van der Waals surface area contributed by atoms with Gasteiger partial charge >= 0.3 is 5.97 Å². The van der Waals surface area contributed by atoms with E-state index in [4.69, 9.17) is 4.74 Å². The largest absolute Gasteiger partial charge is 0.422 e. The topological polar surface area (TPSA) is 26.3 Å². The number of rotatable bonds is 2. The molecular formula is C21H16O2. The molecule has 0 saturated heterocycles. The average Bonchev–Trinajstić information content (AvgIpc) is 3.02. The minimum Gasteiger partial charge on any atom is -0.422 e. The highest BCUT2D eigenvalue weighted by Gasteiger charge is 2.22. The lowest BCUT2D eigenvalue weighted by molar-refractivity contribution is -0.127. The first-order chi connectivity index (χ1) is 11.2. The number of hydrogen-bond acceptors (Lipinski definition) is 2. The third-order valence-electron chi connectivity index (χ3n) is 4.36. The Morgan fingerprint density at radius 3 is 2.52 bits per heavy atom. The Kier molecular flexibility index (Phi) is 3.23. The van der Waals surface area contributed by atoms with Crippen LogP contribution in [0.5, 0.6) is 5.75 Å². The molecule has 112 valence electrons. The Bertz CT molecular complexity index is 951. The van der Waals surface area contributed by atoms with Crippen molar-refractivity contribution in [2.75, 3.05) is 0 Å². The monoisotopic (exact) mass is 300 g/mol. The number of esters is 1. The molecule has 3 aromatic rings. The number of carbonyl (C=O) groups is 1. The van der Waals surface area contributed by atoms with Crippen LogP contribution in [-0.2, 0) is 11.2 Å². The molecule has 0 fully saturated rings. The highest BCUT2D eigenvalue weighted by molar-refractivity contribution is 6.19. The molecule has 0 radical (unpaired) electrons. The van der Waals surface area contributed by atoms with Crippen molar-refractivity contribution >= 4 is 22.3 Å². The summed E-state index contributed by atoms with van der Waals surface area (Å²) in [6.07, 6.45) is 2.73. The van der Waals surface area contributed by atoms with Gasteiger partial charge in [-0.1, -0.05) is 60.7 Å². The summed E-state index contributed by atoms with van der Waals surface area (Å²) in [6, 6.07) is 19.8. The van der Waals surface area contributed by atoms with Gasteiger partial charge in [-0.3, -0.25) is 0 Å². The van der Waals surface area contributed by atoms with E-state index in [1.807, 2.05) is 66.7 Å². The second-order valence-electron chi connectivity index (χ2n) is 5.79. The van der Waals surface area contributed by atoms with Gasteiger partial charge in [0, 0.05) is 5.39 Å². The van der Waals surface area contributed by atoms with Crippen LogP contribution in [0.3, 0.4) is 0 Å². The van der Waals surface area contributed by atoms with Crippen molar-refractivity contribution in [1.82, 2.24) is 0 Å². The standard InChI is InChI=1S/C21H16O2/c1-14-10-13-20(18-9-5-4-7-16(14)18)23-21(22)19-12-11-15-6-2-3-8-17(15)19/h2-10,12-13H,11H2,1H3. The molecule has 0 aliphatic heterocycles. The van der Waals surface area contributed by atoms with Crippen LogP contribution in [0.4, 0.5) is 0 Å². The molecule has 2 nitrogen and oxygen atoms in total. The summed E-state index contributed by atoms with van der Waals surface area (Å²) in [5.74, 6) is 0.324. The Morgan fingerprint density at radius 2 is 1.65 bits per heavy atom. The molecule has 0 N–H and O–H groups in total. The SMILES string of the molecule is Cc1ccc(OC(=O)C2=CCc3ccccc32)c2ccccc12. The first kappa shape index (κ1) is 13.8.